The number of rotatable bonds is 10. The Morgan fingerprint density at radius 2 is 1.55 bits per heavy atom. The zero-order valence-corrected chi connectivity index (χ0v) is 52.1. The number of aliphatic hydroxyl groups is 3. The van der Waals surface area contributed by atoms with Crippen molar-refractivity contribution in [2.24, 2.45) is 23.7 Å². The molecule has 8 aliphatic heterocycles. The van der Waals surface area contributed by atoms with Crippen LogP contribution in [0.4, 0.5) is 15.8 Å². The largest absolute Gasteiger partial charge is 0.481 e. The first-order chi connectivity index (χ1) is 42.0. The number of methoxy groups -OCH3 is 2. The number of carbonyl (C=O) groups is 4. The van der Waals surface area contributed by atoms with E-state index in [2.05, 4.69) is 45.8 Å². The van der Waals surface area contributed by atoms with Gasteiger partial charge >= 0.3 is 5.97 Å². The van der Waals surface area contributed by atoms with Gasteiger partial charge in [0.25, 0.3) is 17.7 Å². The summed E-state index contributed by atoms with van der Waals surface area (Å²) in [5, 5.41) is 34.2. The third-order valence-corrected chi connectivity index (χ3v) is 19.4. The summed E-state index contributed by atoms with van der Waals surface area (Å²) < 4.78 is 83.6. The Hall–Kier alpha value is -5.45. The highest BCUT2D eigenvalue weighted by atomic mass is 19.1. The summed E-state index contributed by atoms with van der Waals surface area (Å²) in [6.45, 7) is 15.8. The van der Waals surface area contributed by atoms with Gasteiger partial charge in [-0.15, -0.1) is 6.42 Å². The average Bonchev–Trinajstić information content (AvgIpc) is 2.03. The molecule has 480 valence electrons. The summed E-state index contributed by atoms with van der Waals surface area (Å²) in [6, 6.07) is 2.37. The Bertz CT molecular complexity index is 3010. The number of anilines is 2. The number of fused-ring (bicyclic) bond motifs is 3. The topological polar surface area (TPSA) is 237 Å². The first-order valence-electron chi connectivity index (χ1n) is 31.2. The monoisotopic (exact) mass is 1230 g/mol. The number of nitrogens with zero attached hydrogens (tertiary/aromatic N) is 2. The molecular weight excluding hydrogens is 1140 g/mol. The van der Waals surface area contributed by atoms with Crippen LogP contribution in [0.1, 0.15) is 120 Å². The lowest BCUT2D eigenvalue weighted by molar-refractivity contribution is -0.318. The van der Waals surface area contributed by atoms with Crippen molar-refractivity contribution in [1.82, 2.24) is 0 Å². The van der Waals surface area contributed by atoms with Gasteiger partial charge in [0, 0.05) is 69.0 Å². The molecule has 1 spiro atoms. The fourth-order valence-electron chi connectivity index (χ4n) is 14.2. The van der Waals surface area contributed by atoms with Crippen LogP contribution < -0.4 is 14.5 Å². The second-order valence-corrected chi connectivity index (χ2v) is 25.3. The summed E-state index contributed by atoms with van der Waals surface area (Å²) in [5.74, 6) is -2.16. The molecule has 0 saturated carbocycles. The molecule has 20 atom stereocenters. The highest BCUT2D eigenvalue weighted by Crippen LogP contribution is 2.48. The fourth-order valence-corrected chi connectivity index (χ4v) is 14.2. The minimum atomic E-state index is -1.84. The lowest BCUT2D eigenvalue weighted by atomic mass is 9.71. The van der Waals surface area contributed by atoms with E-state index in [-0.39, 0.29) is 78.9 Å². The second kappa shape index (κ2) is 27.2. The van der Waals surface area contributed by atoms with Crippen LogP contribution >= 0.6 is 0 Å². The Balaban J connectivity index is 0.000000272. The minimum Gasteiger partial charge on any atom is -0.481 e. The Morgan fingerprint density at radius 1 is 0.852 bits per heavy atom. The van der Waals surface area contributed by atoms with Gasteiger partial charge in [-0.25, -0.2) is 9.29 Å². The van der Waals surface area contributed by atoms with Crippen molar-refractivity contribution in [3.05, 3.63) is 88.3 Å². The van der Waals surface area contributed by atoms with Crippen LogP contribution in [0, 0.1) is 41.8 Å². The lowest BCUT2D eigenvalue weighted by Crippen LogP contribution is -2.58. The van der Waals surface area contributed by atoms with Crippen LogP contribution in [0.3, 0.4) is 0 Å². The van der Waals surface area contributed by atoms with E-state index in [4.69, 9.17) is 58.5 Å². The fraction of sp³-hybridized carbons (Fsp3) is 0.642. The predicted molar refractivity (Wildman–Crippen MR) is 318 cm³/mol. The first kappa shape index (κ1) is 65.5. The normalized spacial score (nSPS) is 40.3. The average molecular weight is 1230 g/mol. The number of ether oxygens (including phenoxy) is 11. The number of amides is 3. The van der Waals surface area contributed by atoms with E-state index in [1.54, 1.807) is 40.2 Å². The van der Waals surface area contributed by atoms with E-state index < -0.39 is 108 Å². The van der Waals surface area contributed by atoms with Gasteiger partial charge < -0.3 is 67.4 Å². The van der Waals surface area contributed by atoms with Crippen molar-refractivity contribution in [3.8, 4) is 18.1 Å². The van der Waals surface area contributed by atoms with Gasteiger partial charge in [0.05, 0.1) is 67.3 Å². The van der Waals surface area contributed by atoms with Gasteiger partial charge in [-0.05, 0) is 94.6 Å². The molecule has 0 radical (unpaired) electrons. The van der Waals surface area contributed by atoms with Gasteiger partial charge in [-0.3, -0.25) is 24.1 Å². The van der Waals surface area contributed by atoms with Crippen molar-refractivity contribution >= 4 is 35.1 Å². The second-order valence-electron chi connectivity index (χ2n) is 25.3. The third kappa shape index (κ3) is 12.9. The summed E-state index contributed by atoms with van der Waals surface area (Å²) in [4.78, 5) is 53.9. The number of esters is 1. The van der Waals surface area contributed by atoms with Crippen molar-refractivity contribution < 1.29 is 91.0 Å². The van der Waals surface area contributed by atoms with E-state index in [1.165, 1.54) is 11.0 Å². The van der Waals surface area contributed by atoms with E-state index in [9.17, 15) is 38.9 Å². The molecule has 10 aliphatic rings. The highest BCUT2D eigenvalue weighted by molar-refractivity contribution is 6.33. The summed E-state index contributed by atoms with van der Waals surface area (Å²) in [6.07, 6.45) is 16.6. The van der Waals surface area contributed by atoms with Crippen molar-refractivity contribution in [1.29, 1.82) is 0 Å². The van der Waals surface area contributed by atoms with E-state index in [0.717, 1.165) is 35.8 Å². The molecule has 2 aliphatic carbocycles. The molecule has 4 fully saturated rings. The van der Waals surface area contributed by atoms with E-state index >= 15 is 0 Å². The SMILES string of the molecule is C#CCN1C(=O)COc2cc(F)c(N3C(=O)C4=C(CCCC4)C3=O)cc21.CC[C@H](C)[C@H]1O[C@]2(C=C[C@@H]1C)C[C@@H]1C[C@@H](C/C=C(\C)[C@@H](O[C@H]3C[C@H](OC)[C@@H](O[C@H]4C[C@H](OC)[C@@H](O)[C@H](C)O4)[C@H](C)O3)[C@@H](C)/C=C/C=C3\CO[C@@H]4[C@H](O)C(C)=C[C@@H](C(=O)O1)[C@]34O)O2. The van der Waals surface area contributed by atoms with Crippen LogP contribution in [-0.4, -0.2) is 170 Å². The molecule has 11 rings (SSSR count). The molecular formula is C67H87FN2O18. The van der Waals surface area contributed by atoms with Crippen LogP contribution in [0.25, 0.3) is 0 Å². The van der Waals surface area contributed by atoms with Gasteiger partial charge in [0.15, 0.2) is 30.8 Å². The quantitative estimate of drug-likeness (QED) is 0.0901. The minimum absolute atomic E-state index is 0.0170. The number of allylic oxidation sites excluding steroid dienone is 2. The molecule has 3 N–H and O–H groups in total. The number of imide groups is 1. The van der Waals surface area contributed by atoms with Crippen LogP contribution in [-0.2, 0) is 66.5 Å². The zero-order valence-electron chi connectivity index (χ0n) is 52.1. The van der Waals surface area contributed by atoms with E-state index in [0.29, 0.717) is 67.2 Å². The maximum atomic E-state index is 14.7. The Morgan fingerprint density at radius 3 is 2.24 bits per heavy atom. The number of carbonyl (C=O) groups excluding carboxylic acids is 4. The van der Waals surface area contributed by atoms with Gasteiger partial charge in [0.2, 0.25) is 0 Å². The molecule has 0 unspecified atom stereocenters. The molecule has 1 aromatic carbocycles. The molecule has 2 bridgehead atoms. The van der Waals surface area contributed by atoms with Gasteiger partial charge in [0.1, 0.15) is 47.8 Å². The number of hydrogen-bond donors (Lipinski definition) is 3. The number of benzene rings is 1. The van der Waals surface area contributed by atoms with Gasteiger partial charge in [-0.1, -0.05) is 76.5 Å². The number of aliphatic hydroxyl groups excluding tert-OH is 2. The van der Waals surface area contributed by atoms with Crippen molar-refractivity contribution in [3.63, 3.8) is 0 Å². The standard InChI is InChI=1S/C48H72O14.C19H15FN2O4/c1-11-25(2)43-28(5)17-18-47(62-43)23-34-20-33(61-47)16-15-27(4)42(26(3)13-12-14-32-24-55-45-40(49)29(6)19-35(46(51)58-34)48(32,45)52)59-39-22-37(54-10)44(31(8)57-39)60-38-21-36(53-9)41(50)30(7)56-38;1-2-7-21-15-9-14(13(20)8-16(15)26-10-17(21)23)22-18(24)11-5-3-4-6-12(11)19(22)25/h12-15,17-19,25-26,28,30-31,33-45,49-50,52H,11,16,20-24H2,1-10H3;1,8-9H,3-7,10H2/b13-12+,27-15+,32-14+;/t25-,26-,28-,30-,31-,33+,34-,35-,36-,37-,38-,39-,40+,41-,42-,43+,44-,45+,47+,48+;/m0./s1. The molecule has 4 saturated heterocycles. The smallest absolute Gasteiger partial charge is 0.316 e. The lowest BCUT2D eigenvalue weighted by Gasteiger charge is -2.48. The first-order valence-corrected chi connectivity index (χ1v) is 31.2. The number of halogens is 1. The Kier molecular flexibility index (Phi) is 20.2. The molecule has 0 aromatic heterocycles. The molecule has 8 heterocycles. The number of terminal acetylenes is 1. The Labute approximate surface area is 514 Å². The molecule has 3 amide bonds. The van der Waals surface area contributed by atoms with E-state index in [1.807, 2.05) is 32.1 Å². The van der Waals surface area contributed by atoms with Crippen LogP contribution in [0.2, 0.25) is 0 Å². The van der Waals surface area contributed by atoms with Crippen LogP contribution in [0.15, 0.2) is 82.5 Å². The van der Waals surface area contributed by atoms with Crippen LogP contribution in [0.5, 0.6) is 5.75 Å². The van der Waals surface area contributed by atoms with Crippen molar-refractivity contribution in [2.45, 2.75) is 217 Å². The van der Waals surface area contributed by atoms with Gasteiger partial charge in [-0.2, -0.15) is 0 Å². The number of hydrogen-bond acceptors (Lipinski definition) is 18. The van der Waals surface area contributed by atoms with Crippen molar-refractivity contribution in [2.75, 3.05) is 43.8 Å². The summed E-state index contributed by atoms with van der Waals surface area (Å²) in [5.41, 5.74) is 1.13. The molecule has 21 heteroatoms. The third-order valence-electron chi connectivity index (χ3n) is 19.4. The maximum Gasteiger partial charge on any atom is 0.316 e. The molecule has 88 heavy (non-hydrogen) atoms. The summed E-state index contributed by atoms with van der Waals surface area (Å²) >= 11 is 0. The zero-order chi connectivity index (χ0) is 63.1. The maximum absolute atomic E-state index is 14.7. The highest BCUT2D eigenvalue weighted by Gasteiger charge is 2.60. The molecule has 20 nitrogen and oxygen atoms in total. The predicted octanol–water partition coefficient (Wildman–Crippen LogP) is 7.31. The molecule has 1 aromatic rings. The summed E-state index contributed by atoms with van der Waals surface area (Å²) in [7, 11) is 3.22.